The molecule has 0 aliphatic heterocycles. The summed E-state index contributed by atoms with van der Waals surface area (Å²) in [5, 5.41) is 14.3. The molecule has 1 atom stereocenters. The molecule has 0 spiro atoms. The van der Waals surface area contributed by atoms with Crippen LogP contribution in [0.25, 0.3) is 0 Å². The van der Waals surface area contributed by atoms with E-state index in [1.165, 1.54) is 0 Å². The predicted octanol–water partition coefficient (Wildman–Crippen LogP) is 2.70. The van der Waals surface area contributed by atoms with Gasteiger partial charge in [-0.15, -0.1) is 0 Å². The maximum absolute atomic E-state index is 11.9. The van der Waals surface area contributed by atoms with Crippen LogP contribution in [-0.2, 0) is 4.79 Å². The molecule has 0 radical (unpaired) electrons. The van der Waals surface area contributed by atoms with Crippen molar-refractivity contribution in [2.45, 2.75) is 40.2 Å². The van der Waals surface area contributed by atoms with E-state index in [1.807, 2.05) is 25.1 Å². The molecule has 6 heteroatoms. The minimum atomic E-state index is -0.947. The normalized spacial score (nSPS) is 11.5. The van der Waals surface area contributed by atoms with E-state index in [4.69, 9.17) is 10.8 Å². The summed E-state index contributed by atoms with van der Waals surface area (Å²) >= 11 is 0. The molecule has 26 heavy (non-hydrogen) atoms. The van der Waals surface area contributed by atoms with Crippen LogP contribution in [-0.4, -0.2) is 23.5 Å². The smallest absolute Gasteiger partial charge is 0.305 e. The second kappa shape index (κ2) is 9.52. The van der Waals surface area contributed by atoms with Gasteiger partial charge in [-0.3, -0.25) is 9.59 Å². The lowest BCUT2D eigenvalue weighted by molar-refractivity contribution is -0.136. The number of carbonyl (C=O) groups excluding carboxylic acids is 1. The SMILES string of the molecule is C[C@@H](NC(N)=C=C=CC(C)(C)C)c1ccc(C(=O)NCCC(=O)O)cc1. The van der Waals surface area contributed by atoms with Crippen LogP contribution in [0, 0.1) is 5.41 Å². The van der Waals surface area contributed by atoms with Gasteiger partial charge in [-0.05, 0) is 41.8 Å². The Balaban J connectivity index is 2.70. The molecule has 0 unspecified atom stereocenters. The molecule has 1 rings (SSSR count). The summed E-state index contributed by atoms with van der Waals surface area (Å²) in [6.45, 7) is 8.24. The third kappa shape index (κ3) is 8.25. The third-order valence-corrected chi connectivity index (χ3v) is 3.38. The van der Waals surface area contributed by atoms with Gasteiger partial charge >= 0.3 is 5.97 Å². The lowest BCUT2D eigenvalue weighted by Gasteiger charge is -2.15. The van der Waals surface area contributed by atoms with Gasteiger partial charge in [0.2, 0.25) is 0 Å². The Bertz CT molecular complexity index is 733. The molecule has 0 heterocycles. The predicted molar refractivity (Wildman–Crippen MR) is 101 cm³/mol. The first-order chi connectivity index (χ1) is 12.1. The van der Waals surface area contributed by atoms with Gasteiger partial charge in [-0.1, -0.05) is 38.6 Å². The summed E-state index contributed by atoms with van der Waals surface area (Å²) < 4.78 is 0. The minimum Gasteiger partial charge on any atom is -0.481 e. The summed E-state index contributed by atoms with van der Waals surface area (Å²) in [6, 6.07) is 6.97. The van der Waals surface area contributed by atoms with Gasteiger partial charge in [0.05, 0.1) is 12.5 Å². The van der Waals surface area contributed by atoms with Gasteiger partial charge in [0.25, 0.3) is 5.91 Å². The Morgan fingerprint density at radius 3 is 2.42 bits per heavy atom. The highest BCUT2D eigenvalue weighted by Crippen LogP contribution is 2.15. The largest absolute Gasteiger partial charge is 0.481 e. The Labute approximate surface area is 154 Å². The molecule has 0 bridgehead atoms. The number of carboxylic acids is 1. The van der Waals surface area contributed by atoms with E-state index in [-0.39, 0.29) is 30.3 Å². The monoisotopic (exact) mass is 357 g/mol. The maximum Gasteiger partial charge on any atom is 0.305 e. The molecule has 1 amide bonds. The number of allylic oxidation sites excluding steroid dienone is 1. The van der Waals surface area contributed by atoms with E-state index < -0.39 is 5.97 Å². The first kappa shape index (κ1) is 21.1. The van der Waals surface area contributed by atoms with E-state index in [2.05, 4.69) is 42.9 Å². The summed E-state index contributed by atoms with van der Waals surface area (Å²) in [7, 11) is 0. The topological polar surface area (TPSA) is 104 Å². The summed E-state index contributed by atoms with van der Waals surface area (Å²) in [5.41, 5.74) is 13.1. The van der Waals surface area contributed by atoms with Gasteiger partial charge in [-0.25, -0.2) is 0 Å². The Hall–Kier alpha value is -2.94. The number of nitrogens with two attached hydrogens (primary N) is 1. The van der Waals surface area contributed by atoms with E-state index in [0.717, 1.165) is 5.56 Å². The fourth-order valence-corrected chi connectivity index (χ4v) is 1.99. The van der Waals surface area contributed by atoms with Gasteiger partial charge in [0.15, 0.2) is 0 Å². The zero-order valence-corrected chi connectivity index (χ0v) is 15.7. The van der Waals surface area contributed by atoms with Gasteiger partial charge in [0.1, 0.15) is 5.82 Å². The van der Waals surface area contributed by atoms with Crippen molar-refractivity contribution in [2.75, 3.05) is 6.54 Å². The number of benzene rings is 1. The van der Waals surface area contributed by atoms with Crippen molar-refractivity contribution in [3.8, 4) is 0 Å². The van der Waals surface area contributed by atoms with Crippen LogP contribution >= 0.6 is 0 Å². The number of carboxylic acid groups (broad SMARTS) is 1. The number of carbonyl (C=O) groups is 2. The highest BCUT2D eigenvalue weighted by Gasteiger charge is 2.09. The maximum atomic E-state index is 11.9. The molecule has 0 aliphatic carbocycles. The molecule has 1 aromatic carbocycles. The van der Waals surface area contributed by atoms with E-state index in [1.54, 1.807) is 12.1 Å². The molecule has 0 saturated carbocycles. The van der Waals surface area contributed by atoms with Crippen LogP contribution in [0.1, 0.15) is 56.1 Å². The van der Waals surface area contributed by atoms with Crippen molar-refractivity contribution in [1.29, 1.82) is 0 Å². The number of hydrogen-bond donors (Lipinski definition) is 4. The Kier molecular flexibility index (Phi) is 7.73. The summed E-state index contributed by atoms with van der Waals surface area (Å²) in [5.74, 6) is -0.862. The van der Waals surface area contributed by atoms with Crippen molar-refractivity contribution < 1.29 is 14.7 Å². The molecule has 140 valence electrons. The number of rotatable bonds is 7. The van der Waals surface area contributed by atoms with Crippen molar-refractivity contribution in [2.24, 2.45) is 11.1 Å². The average molecular weight is 357 g/mol. The number of amides is 1. The Morgan fingerprint density at radius 2 is 1.88 bits per heavy atom. The van der Waals surface area contributed by atoms with Crippen LogP contribution in [0.3, 0.4) is 0 Å². The first-order valence-electron chi connectivity index (χ1n) is 8.43. The number of nitrogens with one attached hydrogen (secondary N) is 2. The second-order valence-corrected chi connectivity index (χ2v) is 7.08. The van der Waals surface area contributed by atoms with Gasteiger partial charge < -0.3 is 21.5 Å². The number of aliphatic carboxylic acids is 1. The van der Waals surface area contributed by atoms with Crippen LogP contribution in [0.15, 0.2) is 47.6 Å². The average Bonchev–Trinajstić information content (AvgIpc) is 2.53. The summed E-state index contributed by atoms with van der Waals surface area (Å²) in [6.07, 6.45) is 1.79. The highest BCUT2D eigenvalue weighted by atomic mass is 16.4. The van der Waals surface area contributed by atoms with E-state index >= 15 is 0 Å². The van der Waals surface area contributed by atoms with Crippen molar-refractivity contribution in [3.05, 3.63) is 58.8 Å². The molecule has 0 fully saturated rings. The van der Waals surface area contributed by atoms with Crippen LogP contribution in [0.4, 0.5) is 0 Å². The Morgan fingerprint density at radius 1 is 1.27 bits per heavy atom. The van der Waals surface area contributed by atoms with Gasteiger partial charge in [-0.2, -0.15) is 0 Å². The molecule has 1 aromatic rings. The first-order valence-corrected chi connectivity index (χ1v) is 8.43. The zero-order chi connectivity index (χ0) is 19.7. The van der Waals surface area contributed by atoms with Crippen molar-refractivity contribution in [1.82, 2.24) is 10.6 Å². The standard InChI is InChI=1S/C20H27N3O3/c1-14(23-17(21)6-5-12-20(2,3)4)15-7-9-16(10-8-15)19(26)22-13-11-18(24)25/h7-10,12,14,23H,11,13,21H2,1-4H3,(H,22,26)(H,24,25)/t14-/m1/s1. The minimum absolute atomic E-state index is 0.0137. The van der Waals surface area contributed by atoms with E-state index in [9.17, 15) is 9.59 Å². The lowest BCUT2D eigenvalue weighted by Crippen LogP contribution is -2.26. The van der Waals surface area contributed by atoms with E-state index in [0.29, 0.717) is 11.4 Å². The zero-order valence-electron chi connectivity index (χ0n) is 15.7. The quantitative estimate of drug-likeness (QED) is 0.562. The van der Waals surface area contributed by atoms with Crippen LogP contribution in [0.5, 0.6) is 0 Å². The molecule has 0 aliphatic rings. The molecule has 6 nitrogen and oxygen atoms in total. The van der Waals surface area contributed by atoms with Gasteiger partial charge in [0, 0.05) is 12.1 Å². The molecular weight excluding hydrogens is 330 g/mol. The van der Waals surface area contributed by atoms with Crippen LogP contribution < -0.4 is 16.4 Å². The molecule has 0 saturated heterocycles. The second-order valence-electron chi connectivity index (χ2n) is 7.08. The van der Waals surface area contributed by atoms with Crippen molar-refractivity contribution >= 4 is 11.9 Å². The van der Waals surface area contributed by atoms with Crippen molar-refractivity contribution in [3.63, 3.8) is 0 Å². The summed E-state index contributed by atoms with van der Waals surface area (Å²) in [4.78, 5) is 22.4. The fraction of sp³-hybridized carbons (Fsp3) is 0.400. The lowest BCUT2D eigenvalue weighted by atomic mass is 9.97. The molecule has 0 aromatic heterocycles. The highest BCUT2D eigenvalue weighted by molar-refractivity contribution is 5.94. The molecular formula is C20H27N3O3. The fourth-order valence-electron chi connectivity index (χ4n) is 1.99. The molecule has 5 N–H and O–H groups in total. The third-order valence-electron chi connectivity index (χ3n) is 3.38. The number of hydrogen-bond acceptors (Lipinski definition) is 4. The van der Waals surface area contributed by atoms with Crippen LogP contribution in [0.2, 0.25) is 0 Å².